The summed E-state index contributed by atoms with van der Waals surface area (Å²) in [4.78, 5) is 27.7. The Morgan fingerprint density at radius 2 is 1.76 bits per heavy atom. The van der Waals surface area contributed by atoms with Crippen LogP contribution < -0.4 is 15.6 Å². The van der Waals surface area contributed by atoms with Gasteiger partial charge in [-0.05, 0) is 49.1 Å². The molecule has 0 saturated heterocycles. The van der Waals surface area contributed by atoms with Crippen molar-refractivity contribution in [3.05, 3.63) is 100 Å². The lowest BCUT2D eigenvalue weighted by Crippen LogP contribution is -2.43. The molecular weight excluding hydrogens is 546 g/mol. The van der Waals surface area contributed by atoms with Crippen LogP contribution in [0, 0.1) is 0 Å². The highest BCUT2D eigenvalue weighted by molar-refractivity contribution is 7.99. The number of hydrogen-bond donors (Lipinski definition) is 1. The molecule has 7 rings (SSSR count). The molecule has 9 heteroatoms. The molecule has 0 bridgehead atoms. The zero-order valence-corrected chi connectivity index (χ0v) is 24.2. The molecule has 42 heavy (non-hydrogen) atoms. The van der Waals surface area contributed by atoms with Crippen LogP contribution in [0.4, 0.5) is 5.69 Å². The number of carbonyl (C=O) groups is 1. The largest absolute Gasteiger partial charge is 0.497 e. The van der Waals surface area contributed by atoms with Gasteiger partial charge in [-0.2, -0.15) is 0 Å². The van der Waals surface area contributed by atoms with Gasteiger partial charge in [-0.15, -0.1) is 10.2 Å². The van der Waals surface area contributed by atoms with Gasteiger partial charge in [0.25, 0.3) is 5.56 Å². The Morgan fingerprint density at radius 3 is 2.57 bits per heavy atom. The van der Waals surface area contributed by atoms with Crippen LogP contribution >= 0.6 is 11.8 Å². The van der Waals surface area contributed by atoms with Crippen LogP contribution in [0.1, 0.15) is 43.2 Å². The van der Waals surface area contributed by atoms with Gasteiger partial charge in [0.15, 0.2) is 5.16 Å². The molecule has 1 N–H and O–H groups in total. The van der Waals surface area contributed by atoms with Gasteiger partial charge in [-0.25, -0.2) is 4.57 Å². The predicted molar refractivity (Wildman–Crippen MR) is 165 cm³/mol. The molecule has 0 atom stereocenters. The van der Waals surface area contributed by atoms with Gasteiger partial charge in [0.2, 0.25) is 11.7 Å². The van der Waals surface area contributed by atoms with Crippen molar-refractivity contribution < 1.29 is 9.53 Å². The van der Waals surface area contributed by atoms with E-state index in [4.69, 9.17) is 4.74 Å². The first-order valence-electron chi connectivity index (χ1n) is 14.3. The molecular formula is C33H31N5O3S. The van der Waals surface area contributed by atoms with Crippen LogP contribution in [0.2, 0.25) is 0 Å². The van der Waals surface area contributed by atoms with Crippen LogP contribution in [0.15, 0.2) is 88.8 Å². The molecule has 0 unspecified atom stereocenters. The summed E-state index contributed by atoms with van der Waals surface area (Å²) in [5.74, 6) is 1.08. The molecule has 2 aliphatic carbocycles. The molecule has 1 amide bonds. The minimum atomic E-state index is -0.273. The lowest BCUT2D eigenvalue weighted by molar-refractivity contribution is -0.113. The van der Waals surface area contributed by atoms with Crippen LogP contribution in [-0.2, 0) is 16.6 Å². The van der Waals surface area contributed by atoms with Gasteiger partial charge >= 0.3 is 0 Å². The molecule has 2 aliphatic rings. The molecule has 3 aromatic carbocycles. The summed E-state index contributed by atoms with van der Waals surface area (Å²) in [5, 5.41) is 12.7. The van der Waals surface area contributed by atoms with Gasteiger partial charge in [-0.3, -0.25) is 14.0 Å². The monoisotopic (exact) mass is 577 g/mol. The van der Waals surface area contributed by atoms with Gasteiger partial charge in [0.1, 0.15) is 5.75 Å². The number of aromatic nitrogens is 4. The molecule has 1 fully saturated rings. The Labute approximate surface area is 247 Å². The topological polar surface area (TPSA) is 90.5 Å². The van der Waals surface area contributed by atoms with E-state index in [9.17, 15) is 9.59 Å². The molecule has 5 aromatic rings. The van der Waals surface area contributed by atoms with Crippen LogP contribution in [0.5, 0.6) is 5.75 Å². The number of rotatable bonds is 6. The molecule has 8 nitrogen and oxygen atoms in total. The molecule has 2 aromatic heterocycles. The summed E-state index contributed by atoms with van der Waals surface area (Å²) in [5.41, 5.74) is 5.02. The molecule has 212 valence electrons. The summed E-state index contributed by atoms with van der Waals surface area (Å²) >= 11 is 1.32. The van der Waals surface area contributed by atoms with E-state index in [1.54, 1.807) is 11.7 Å². The first-order valence-corrected chi connectivity index (χ1v) is 15.3. The van der Waals surface area contributed by atoms with Crippen molar-refractivity contribution in [1.82, 2.24) is 19.2 Å². The summed E-state index contributed by atoms with van der Waals surface area (Å²) in [7, 11) is 1.62. The van der Waals surface area contributed by atoms with E-state index in [1.165, 1.54) is 23.7 Å². The number of nitrogens with zero attached hydrogens (tertiary/aromatic N) is 4. The molecule has 0 aliphatic heterocycles. The maximum atomic E-state index is 14.8. The molecule has 1 saturated carbocycles. The standard InChI is InChI=1S/C33H31N5O3S/c1-41-25-15-10-14-24(19-25)37-30(40)28-29(26-16-7-6-11-22(26)20-33(28)17-8-3-9-18-33)38-31(37)35-36-32(38)42-21-27(39)34-23-12-4-2-5-13-23/h2,4-7,10-16,19H,3,8-9,17-18,20-21H2,1H3,(H,34,39). The van der Waals surface area contributed by atoms with Crippen molar-refractivity contribution in [1.29, 1.82) is 0 Å². The third-order valence-corrected chi connectivity index (χ3v) is 9.47. The number of amides is 1. The van der Waals surface area contributed by atoms with E-state index in [0.29, 0.717) is 22.4 Å². The van der Waals surface area contributed by atoms with Crippen molar-refractivity contribution in [3.8, 4) is 22.7 Å². The summed E-state index contributed by atoms with van der Waals surface area (Å²) in [6.07, 6.45) is 6.09. The van der Waals surface area contributed by atoms with Crippen LogP contribution in [0.25, 0.3) is 22.7 Å². The second-order valence-corrected chi connectivity index (χ2v) is 12.0. The average molecular weight is 578 g/mol. The third kappa shape index (κ3) is 4.48. The number of nitrogens with one attached hydrogen (secondary N) is 1. The highest BCUT2D eigenvalue weighted by atomic mass is 32.2. The Morgan fingerprint density at radius 1 is 0.976 bits per heavy atom. The van der Waals surface area contributed by atoms with E-state index in [1.807, 2.05) is 65.1 Å². The minimum Gasteiger partial charge on any atom is -0.497 e. The summed E-state index contributed by atoms with van der Waals surface area (Å²) in [6, 6.07) is 25.3. The van der Waals surface area contributed by atoms with E-state index >= 15 is 0 Å². The molecule has 2 heterocycles. The van der Waals surface area contributed by atoms with E-state index in [0.717, 1.165) is 54.6 Å². The predicted octanol–water partition coefficient (Wildman–Crippen LogP) is 6.04. The number of thioether (sulfide) groups is 1. The Balaban J connectivity index is 1.45. The van der Waals surface area contributed by atoms with Crippen molar-refractivity contribution >= 4 is 29.1 Å². The number of hydrogen-bond acceptors (Lipinski definition) is 6. The van der Waals surface area contributed by atoms with Gasteiger partial charge in [0, 0.05) is 28.3 Å². The average Bonchev–Trinajstić information content (AvgIpc) is 3.44. The second-order valence-electron chi connectivity index (χ2n) is 11.1. The van der Waals surface area contributed by atoms with E-state index < -0.39 is 0 Å². The molecule has 0 radical (unpaired) electrons. The fourth-order valence-electron chi connectivity index (χ4n) is 6.69. The highest BCUT2D eigenvalue weighted by Crippen LogP contribution is 2.49. The van der Waals surface area contributed by atoms with E-state index in [-0.39, 0.29) is 22.6 Å². The van der Waals surface area contributed by atoms with Gasteiger partial charge < -0.3 is 10.1 Å². The molecule has 1 spiro atoms. The number of benzene rings is 3. The first-order chi connectivity index (χ1) is 20.6. The van der Waals surface area contributed by atoms with E-state index in [2.05, 4.69) is 33.7 Å². The van der Waals surface area contributed by atoms with Crippen molar-refractivity contribution in [2.75, 3.05) is 18.2 Å². The maximum absolute atomic E-state index is 14.8. The zero-order valence-electron chi connectivity index (χ0n) is 23.4. The number of methoxy groups -OCH3 is 1. The maximum Gasteiger partial charge on any atom is 0.263 e. The first kappa shape index (κ1) is 26.5. The number of carbonyl (C=O) groups excluding carboxylic acids is 1. The zero-order chi connectivity index (χ0) is 28.7. The van der Waals surface area contributed by atoms with Crippen LogP contribution in [0.3, 0.4) is 0 Å². The van der Waals surface area contributed by atoms with Gasteiger partial charge in [0.05, 0.1) is 24.2 Å². The Hall–Kier alpha value is -4.37. The SMILES string of the molecule is COc1cccc(-n2c(=O)c3c(n4c(SCC(=O)Nc5ccccc5)nnc24)-c2ccccc2CC32CCCCC2)c1. The van der Waals surface area contributed by atoms with Gasteiger partial charge in [-0.1, -0.05) is 79.6 Å². The van der Waals surface area contributed by atoms with Crippen molar-refractivity contribution in [2.24, 2.45) is 0 Å². The minimum absolute atomic E-state index is 0.0621. The quantitative estimate of drug-likeness (QED) is 0.247. The smallest absolute Gasteiger partial charge is 0.263 e. The second kappa shape index (κ2) is 10.8. The van der Waals surface area contributed by atoms with Crippen molar-refractivity contribution in [2.45, 2.75) is 49.1 Å². The summed E-state index contributed by atoms with van der Waals surface area (Å²) < 4.78 is 9.19. The van der Waals surface area contributed by atoms with Crippen LogP contribution in [-0.4, -0.2) is 37.9 Å². The normalized spacial score (nSPS) is 15.3. The fraction of sp³-hybridized carbons (Fsp3) is 0.273. The third-order valence-electron chi connectivity index (χ3n) is 8.54. The Bertz CT molecular complexity index is 1860. The number of ether oxygens (including phenoxy) is 1. The lowest BCUT2D eigenvalue weighted by Gasteiger charge is -2.42. The number of fused-ring (bicyclic) bond motifs is 6. The number of anilines is 1. The Kier molecular flexibility index (Phi) is 6.82. The highest BCUT2D eigenvalue weighted by Gasteiger charge is 2.44. The number of para-hydroxylation sites is 1. The lowest BCUT2D eigenvalue weighted by atomic mass is 9.62. The van der Waals surface area contributed by atoms with Crippen molar-refractivity contribution in [3.63, 3.8) is 0 Å². The fourth-order valence-corrected chi connectivity index (χ4v) is 7.42. The summed E-state index contributed by atoms with van der Waals surface area (Å²) in [6.45, 7) is 0.